The van der Waals surface area contributed by atoms with Crippen LogP contribution in [0.5, 0.6) is 0 Å². The number of rotatable bonds is 5. The van der Waals surface area contributed by atoms with Crippen LogP contribution in [0.2, 0.25) is 0 Å². The lowest BCUT2D eigenvalue weighted by molar-refractivity contribution is -0.192. The number of carbonyl (C=O) groups is 2. The lowest BCUT2D eigenvalue weighted by atomic mass is 10.1. The number of carbonyl (C=O) groups excluding carboxylic acids is 1. The molecule has 4 rings (SSSR count). The average molecular weight is 473 g/mol. The molecule has 1 unspecified atom stereocenters. The number of aromatic nitrogens is 2. The van der Waals surface area contributed by atoms with Gasteiger partial charge in [0.25, 0.3) is 5.91 Å². The Morgan fingerprint density at radius 1 is 1.26 bits per heavy atom. The van der Waals surface area contributed by atoms with Crippen LogP contribution >= 0.6 is 22.7 Å². The lowest BCUT2D eigenvalue weighted by Gasteiger charge is -2.33. The van der Waals surface area contributed by atoms with Crippen molar-refractivity contribution < 1.29 is 27.9 Å². The minimum atomic E-state index is -5.08. The molecular weight excluding hydrogens is 453 g/mol. The Hall–Kier alpha value is -2.70. The van der Waals surface area contributed by atoms with E-state index in [1.54, 1.807) is 11.3 Å². The Morgan fingerprint density at radius 2 is 2.03 bits per heavy atom. The van der Waals surface area contributed by atoms with Crippen molar-refractivity contribution in [3.63, 3.8) is 0 Å². The highest BCUT2D eigenvalue weighted by Crippen LogP contribution is 2.23. The van der Waals surface area contributed by atoms with Crippen molar-refractivity contribution in [1.29, 1.82) is 0 Å². The second-order valence-corrected chi connectivity index (χ2v) is 8.51. The summed E-state index contributed by atoms with van der Waals surface area (Å²) in [5, 5.41) is 20.5. The minimum absolute atomic E-state index is 0.0136. The van der Waals surface area contributed by atoms with Crippen LogP contribution < -0.4 is 5.32 Å². The van der Waals surface area contributed by atoms with Crippen molar-refractivity contribution in [3.05, 3.63) is 62.7 Å². The number of amides is 1. The molecule has 1 amide bonds. The van der Waals surface area contributed by atoms with Crippen LogP contribution in [0, 0.1) is 0 Å². The first-order chi connectivity index (χ1) is 14.7. The molecule has 12 heteroatoms. The third-order valence-electron chi connectivity index (χ3n) is 4.44. The Bertz CT molecular complexity index is 988. The van der Waals surface area contributed by atoms with Gasteiger partial charge in [0.05, 0.1) is 11.7 Å². The van der Waals surface area contributed by atoms with Crippen molar-refractivity contribution >= 4 is 34.6 Å². The Morgan fingerprint density at radius 3 is 2.65 bits per heavy atom. The van der Waals surface area contributed by atoms with E-state index >= 15 is 0 Å². The van der Waals surface area contributed by atoms with Crippen LogP contribution in [0.3, 0.4) is 0 Å². The molecule has 7 nitrogen and oxygen atoms in total. The number of aliphatic carboxylic acids is 1. The summed E-state index contributed by atoms with van der Waals surface area (Å²) in [5.41, 5.74) is 1.93. The predicted molar refractivity (Wildman–Crippen MR) is 110 cm³/mol. The smallest absolute Gasteiger partial charge is 0.475 e. The number of carboxylic acid groups (broad SMARTS) is 1. The molecule has 3 aromatic rings. The van der Waals surface area contributed by atoms with Gasteiger partial charge in [-0.1, -0.05) is 6.07 Å². The first-order valence-corrected chi connectivity index (χ1v) is 10.9. The van der Waals surface area contributed by atoms with Crippen LogP contribution in [0.15, 0.2) is 46.6 Å². The second kappa shape index (κ2) is 10.1. The first-order valence-electron chi connectivity index (χ1n) is 9.11. The number of nitrogens with one attached hydrogen (secondary N) is 1. The number of halogens is 3. The van der Waals surface area contributed by atoms with E-state index in [9.17, 15) is 18.0 Å². The summed E-state index contributed by atoms with van der Waals surface area (Å²) >= 11 is 3.32. The fourth-order valence-corrected chi connectivity index (χ4v) is 4.45. The monoisotopic (exact) mass is 472 g/mol. The molecule has 1 atom stereocenters. The van der Waals surface area contributed by atoms with Gasteiger partial charge in [0.2, 0.25) is 0 Å². The summed E-state index contributed by atoms with van der Waals surface area (Å²) in [4.78, 5) is 24.9. The number of hydrogen-bond acceptors (Lipinski definition) is 6. The maximum absolute atomic E-state index is 12.2. The highest BCUT2D eigenvalue weighted by atomic mass is 32.1. The standard InChI is InChI=1S/C17H18N4OS2.C2HF3O2/c22-17(13-4-7-23-12-13)18-8-15-10-20(11-16-2-1-6-24-16)9-14-3-5-19-21(14)15;3-2(4,5)1(6)7/h1-7,12,15H,8-11H2,(H,18,22);(H,6,7). The summed E-state index contributed by atoms with van der Waals surface area (Å²) in [6.07, 6.45) is -3.24. The summed E-state index contributed by atoms with van der Waals surface area (Å²) in [7, 11) is 0. The molecule has 31 heavy (non-hydrogen) atoms. The van der Waals surface area contributed by atoms with Crippen molar-refractivity contribution in [3.8, 4) is 0 Å². The molecule has 0 aliphatic carbocycles. The van der Waals surface area contributed by atoms with E-state index in [0.717, 1.165) is 25.2 Å². The van der Waals surface area contributed by atoms with Crippen molar-refractivity contribution in [2.45, 2.75) is 25.3 Å². The largest absolute Gasteiger partial charge is 0.490 e. The van der Waals surface area contributed by atoms with Gasteiger partial charge < -0.3 is 10.4 Å². The Kier molecular flexibility index (Phi) is 7.46. The van der Waals surface area contributed by atoms with E-state index < -0.39 is 12.1 Å². The molecule has 1 aliphatic rings. The SMILES string of the molecule is O=C(NCC1CN(Cc2cccs2)Cc2ccnn21)c1ccsc1.O=C(O)C(F)(F)F. The zero-order valence-electron chi connectivity index (χ0n) is 16.1. The van der Waals surface area contributed by atoms with Gasteiger partial charge in [-0.25, -0.2) is 4.79 Å². The molecule has 4 heterocycles. The van der Waals surface area contributed by atoms with Gasteiger partial charge in [-0.15, -0.1) is 11.3 Å². The zero-order valence-corrected chi connectivity index (χ0v) is 17.7. The number of carboxylic acids is 1. The Balaban J connectivity index is 0.000000339. The molecule has 0 fully saturated rings. The van der Waals surface area contributed by atoms with Gasteiger partial charge in [0.15, 0.2) is 0 Å². The third kappa shape index (κ3) is 6.39. The highest BCUT2D eigenvalue weighted by Gasteiger charge is 2.38. The number of hydrogen-bond donors (Lipinski definition) is 2. The van der Waals surface area contributed by atoms with E-state index in [1.165, 1.54) is 21.9 Å². The molecule has 0 saturated heterocycles. The fraction of sp³-hybridized carbons (Fsp3) is 0.316. The maximum Gasteiger partial charge on any atom is 0.490 e. The molecule has 0 aromatic carbocycles. The lowest BCUT2D eigenvalue weighted by Crippen LogP contribution is -2.42. The average Bonchev–Trinajstić information content (AvgIpc) is 3.47. The van der Waals surface area contributed by atoms with Crippen LogP contribution in [-0.4, -0.2) is 50.9 Å². The molecule has 0 bridgehead atoms. The van der Waals surface area contributed by atoms with E-state index in [-0.39, 0.29) is 11.9 Å². The van der Waals surface area contributed by atoms with Crippen molar-refractivity contribution in [2.24, 2.45) is 0 Å². The molecule has 0 radical (unpaired) electrons. The van der Waals surface area contributed by atoms with Crippen LogP contribution in [0.4, 0.5) is 13.2 Å². The van der Waals surface area contributed by atoms with Crippen LogP contribution in [-0.2, 0) is 17.9 Å². The van der Waals surface area contributed by atoms with Gasteiger partial charge >= 0.3 is 12.1 Å². The van der Waals surface area contributed by atoms with Gasteiger partial charge in [0, 0.05) is 48.2 Å². The maximum atomic E-state index is 12.2. The van der Waals surface area contributed by atoms with Crippen molar-refractivity contribution in [2.75, 3.05) is 13.1 Å². The number of thiophene rings is 2. The number of alkyl halides is 3. The normalized spacial score (nSPS) is 16.2. The first kappa shape index (κ1) is 23.0. The molecule has 3 aromatic heterocycles. The summed E-state index contributed by atoms with van der Waals surface area (Å²) in [6, 6.07) is 8.33. The van der Waals surface area contributed by atoms with Gasteiger partial charge in [-0.05, 0) is 29.0 Å². The molecule has 0 saturated carbocycles. The van der Waals surface area contributed by atoms with Crippen molar-refractivity contribution in [1.82, 2.24) is 20.0 Å². The molecule has 1 aliphatic heterocycles. The minimum Gasteiger partial charge on any atom is -0.475 e. The summed E-state index contributed by atoms with van der Waals surface area (Å²) in [5.74, 6) is -2.77. The number of fused-ring (bicyclic) bond motifs is 1. The molecule has 166 valence electrons. The predicted octanol–water partition coefficient (Wildman–Crippen LogP) is 3.63. The summed E-state index contributed by atoms with van der Waals surface area (Å²) < 4.78 is 33.8. The van der Waals surface area contributed by atoms with E-state index in [4.69, 9.17) is 9.90 Å². The van der Waals surface area contributed by atoms with Crippen LogP contribution in [0.1, 0.15) is 27.0 Å². The van der Waals surface area contributed by atoms with E-state index in [2.05, 4.69) is 43.6 Å². The zero-order chi connectivity index (χ0) is 22.4. The molecule has 0 spiro atoms. The van der Waals surface area contributed by atoms with E-state index in [1.807, 2.05) is 23.0 Å². The van der Waals surface area contributed by atoms with Gasteiger partial charge in [-0.3, -0.25) is 14.4 Å². The Labute approximate surface area is 183 Å². The third-order valence-corrected chi connectivity index (χ3v) is 5.98. The molecular formula is C19H19F3N4O3S2. The number of nitrogens with zero attached hydrogens (tertiary/aromatic N) is 3. The highest BCUT2D eigenvalue weighted by molar-refractivity contribution is 7.09. The van der Waals surface area contributed by atoms with Crippen LogP contribution in [0.25, 0.3) is 0 Å². The summed E-state index contributed by atoms with van der Waals surface area (Å²) in [6.45, 7) is 3.31. The second-order valence-electron chi connectivity index (χ2n) is 6.69. The van der Waals surface area contributed by atoms with E-state index in [0.29, 0.717) is 6.54 Å². The fourth-order valence-electron chi connectivity index (χ4n) is 3.07. The molecule has 2 N–H and O–H groups in total. The van der Waals surface area contributed by atoms with Gasteiger partial charge in [0.1, 0.15) is 0 Å². The topological polar surface area (TPSA) is 87.5 Å². The quantitative estimate of drug-likeness (QED) is 0.592. The van der Waals surface area contributed by atoms with Gasteiger partial charge in [-0.2, -0.15) is 29.6 Å².